The second-order valence-corrected chi connectivity index (χ2v) is 5.19. The second kappa shape index (κ2) is 5.57. The number of aromatic nitrogens is 1. The molecule has 1 fully saturated rings. The predicted molar refractivity (Wildman–Crippen MR) is 77.5 cm³/mol. The molecule has 0 bridgehead atoms. The van der Waals surface area contributed by atoms with Crippen molar-refractivity contribution in [3.05, 3.63) is 36.5 Å². The molecule has 1 heterocycles. The Labute approximate surface area is 114 Å². The van der Waals surface area contributed by atoms with Crippen molar-refractivity contribution in [3.63, 3.8) is 0 Å². The van der Waals surface area contributed by atoms with E-state index in [0.717, 1.165) is 23.1 Å². The Morgan fingerprint density at radius 1 is 1.21 bits per heavy atom. The van der Waals surface area contributed by atoms with Crippen LogP contribution >= 0.6 is 0 Å². The highest BCUT2D eigenvalue weighted by molar-refractivity contribution is 5.79. The number of likely N-dealkylation sites (N-methyl/N-ethyl adjacent to an activating group) is 1. The minimum absolute atomic E-state index is 0.278. The summed E-state index contributed by atoms with van der Waals surface area (Å²) < 4.78 is 6.16. The molecule has 1 aliphatic carbocycles. The molecule has 3 rings (SSSR count). The summed E-state index contributed by atoms with van der Waals surface area (Å²) in [6, 6.07) is 10.7. The molecule has 100 valence electrons. The number of rotatable bonds is 3. The maximum Gasteiger partial charge on any atom is 0.122 e. The molecular weight excluding hydrogens is 236 g/mol. The van der Waals surface area contributed by atoms with Gasteiger partial charge in [-0.1, -0.05) is 12.5 Å². The molecule has 0 radical (unpaired) electrons. The van der Waals surface area contributed by atoms with Crippen LogP contribution in [0.3, 0.4) is 0 Å². The van der Waals surface area contributed by atoms with E-state index in [1.165, 1.54) is 19.3 Å². The van der Waals surface area contributed by atoms with Crippen LogP contribution in [0.4, 0.5) is 0 Å². The molecule has 0 amide bonds. The molecule has 0 saturated heterocycles. The topological polar surface area (TPSA) is 34.1 Å². The van der Waals surface area contributed by atoms with Crippen LogP contribution in [0, 0.1) is 0 Å². The fourth-order valence-electron chi connectivity index (χ4n) is 2.86. The Kier molecular flexibility index (Phi) is 3.65. The highest BCUT2D eigenvalue weighted by Gasteiger charge is 2.25. The third-order valence-corrected chi connectivity index (χ3v) is 3.94. The zero-order valence-corrected chi connectivity index (χ0v) is 11.3. The second-order valence-electron chi connectivity index (χ2n) is 5.19. The summed E-state index contributed by atoms with van der Waals surface area (Å²) >= 11 is 0. The van der Waals surface area contributed by atoms with Crippen LogP contribution in [0.5, 0.6) is 5.75 Å². The summed E-state index contributed by atoms with van der Waals surface area (Å²) in [5.74, 6) is 0.929. The Bertz CT molecular complexity index is 555. The third-order valence-electron chi connectivity index (χ3n) is 3.94. The monoisotopic (exact) mass is 256 g/mol. The van der Waals surface area contributed by atoms with Gasteiger partial charge in [0, 0.05) is 23.7 Å². The molecule has 1 N–H and O–H groups in total. The first kappa shape index (κ1) is 12.4. The molecular formula is C16H20N2O. The van der Waals surface area contributed by atoms with Crippen molar-refractivity contribution in [3.8, 4) is 5.75 Å². The Balaban J connectivity index is 1.80. The van der Waals surface area contributed by atoms with Crippen molar-refractivity contribution < 1.29 is 4.74 Å². The first-order valence-electron chi connectivity index (χ1n) is 7.05. The molecule has 1 aliphatic rings. The lowest BCUT2D eigenvalue weighted by molar-refractivity contribution is 0.118. The molecule has 0 aliphatic heterocycles. The van der Waals surface area contributed by atoms with Gasteiger partial charge in [0.15, 0.2) is 0 Å². The standard InChI is InChI=1S/C16H20N2O/c1-17-14-6-2-3-7-16(14)19-13-9-8-12-5-4-10-18-15(12)11-13/h4-5,8-11,14,16-17H,2-3,6-7H2,1H3. The van der Waals surface area contributed by atoms with E-state index < -0.39 is 0 Å². The highest BCUT2D eigenvalue weighted by Crippen LogP contribution is 2.25. The average molecular weight is 256 g/mol. The Hall–Kier alpha value is -1.61. The fourth-order valence-corrected chi connectivity index (χ4v) is 2.86. The number of nitrogens with zero attached hydrogens (tertiary/aromatic N) is 1. The Morgan fingerprint density at radius 2 is 2.11 bits per heavy atom. The average Bonchev–Trinajstić information content (AvgIpc) is 2.48. The number of hydrogen-bond donors (Lipinski definition) is 1. The van der Waals surface area contributed by atoms with Crippen LogP contribution in [0.15, 0.2) is 36.5 Å². The first-order chi connectivity index (χ1) is 9.36. The summed E-state index contributed by atoms with van der Waals surface area (Å²) in [5, 5.41) is 4.53. The maximum atomic E-state index is 6.16. The third kappa shape index (κ3) is 2.71. The summed E-state index contributed by atoms with van der Waals surface area (Å²) in [5.41, 5.74) is 0.997. The van der Waals surface area contributed by atoms with Crippen molar-refractivity contribution in [2.24, 2.45) is 0 Å². The number of fused-ring (bicyclic) bond motifs is 1. The largest absolute Gasteiger partial charge is 0.489 e. The van der Waals surface area contributed by atoms with E-state index in [1.54, 1.807) is 0 Å². The number of hydrogen-bond acceptors (Lipinski definition) is 3. The molecule has 19 heavy (non-hydrogen) atoms. The van der Waals surface area contributed by atoms with Crippen LogP contribution in [-0.4, -0.2) is 24.2 Å². The molecule has 0 spiro atoms. The van der Waals surface area contributed by atoms with E-state index in [-0.39, 0.29) is 6.10 Å². The zero-order chi connectivity index (χ0) is 13.1. The smallest absolute Gasteiger partial charge is 0.122 e. The van der Waals surface area contributed by atoms with Crippen LogP contribution in [0.25, 0.3) is 10.9 Å². The normalized spacial score (nSPS) is 23.4. The number of benzene rings is 1. The van der Waals surface area contributed by atoms with Gasteiger partial charge in [0.2, 0.25) is 0 Å². The molecule has 1 aromatic heterocycles. The highest BCUT2D eigenvalue weighted by atomic mass is 16.5. The molecule has 2 atom stereocenters. The van der Waals surface area contributed by atoms with Crippen molar-refractivity contribution >= 4 is 10.9 Å². The first-order valence-corrected chi connectivity index (χ1v) is 7.05. The molecule has 2 unspecified atom stereocenters. The van der Waals surface area contributed by atoms with E-state index in [2.05, 4.69) is 22.4 Å². The summed E-state index contributed by atoms with van der Waals surface area (Å²) in [7, 11) is 2.02. The van der Waals surface area contributed by atoms with Gasteiger partial charge in [-0.05, 0) is 44.5 Å². The SMILES string of the molecule is CNC1CCCCC1Oc1ccc2cccnc2c1. The summed E-state index contributed by atoms with van der Waals surface area (Å²) in [6.45, 7) is 0. The Morgan fingerprint density at radius 3 is 3.00 bits per heavy atom. The zero-order valence-electron chi connectivity index (χ0n) is 11.3. The van der Waals surface area contributed by atoms with Gasteiger partial charge in [0.1, 0.15) is 11.9 Å². The maximum absolute atomic E-state index is 6.16. The van der Waals surface area contributed by atoms with Gasteiger partial charge in [-0.15, -0.1) is 0 Å². The van der Waals surface area contributed by atoms with E-state index in [4.69, 9.17) is 4.74 Å². The van der Waals surface area contributed by atoms with Gasteiger partial charge in [0.25, 0.3) is 0 Å². The van der Waals surface area contributed by atoms with Gasteiger partial charge in [0.05, 0.1) is 5.52 Å². The van der Waals surface area contributed by atoms with E-state index in [9.17, 15) is 0 Å². The number of nitrogens with one attached hydrogen (secondary N) is 1. The van der Waals surface area contributed by atoms with Gasteiger partial charge < -0.3 is 10.1 Å². The van der Waals surface area contributed by atoms with Crippen LogP contribution in [0.2, 0.25) is 0 Å². The van der Waals surface area contributed by atoms with E-state index >= 15 is 0 Å². The minimum Gasteiger partial charge on any atom is -0.489 e. The van der Waals surface area contributed by atoms with Crippen molar-refractivity contribution in [2.45, 2.75) is 37.8 Å². The van der Waals surface area contributed by atoms with Crippen LogP contribution in [-0.2, 0) is 0 Å². The van der Waals surface area contributed by atoms with Crippen LogP contribution < -0.4 is 10.1 Å². The van der Waals surface area contributed by atoms with E-state index in [0.29, 0.717) is 6.04 Å². The molecule has 1 saturated carbocycles. The van der Waals surface area contributed by atoms with Crippen LogP contribution in [0.1, 0.15) is 25.7 Å². The lowest BCUT2D eigenvalue weighted by atomic mass is 9.92. The van der Waals surface area contributed by atoms with Crippen molar-refractivity contribution in [1.29, 1.82) is 0 Å². The van der Waals surface area contributed by atoms with Gasteiger partial charge in [-0.25, -0.2) is 0 Å². The van der Waals surface area contributed by atoms with Gasteiger partial charge in [-0.3, -0.25) is 4.98 Å². The number of pyridine rings is 1. The lowest BCUT2D eigenvalue weighted by Crippen LogP contribution is -2.43. The van der Waals surface area contributed by atoms with Crippen molar-refractivity contribution in [1.82, 2.24) is 10.3 Å². The quantitative estimate of drug-likeness (QED) is 0.916. The molecule has 3 heteroatoms. The minimum atomic E-state index is 0.278. The summed E-state index contributed by atoms with van der Waals surface area (Å²) in [4.78, 5) is 4.38. The van der Waals surface area contributed by atoms with Gasteiger partial charge >= 0.3 is 0 Å². The summed E-state index contributed by atoms with van der Waals surface area (Å²) in [6.07, 6.45) is 6.99. The number of ether oxygens (including phenoxy) is 1. The van der Waals surface area contributed by atoms with Gasteiger partial charge in [-0.2, -0.15) is 0 Å². The molecule has 3 nitrogen and oxygen atoms in total. The lowest BCUT2D eigenvalue weighted by Gasteiger charge is -2.31. The molecule has 1 aromatic carbocycles. The van der Waals surface area contributed by atoms with Crippen molar-refractivity contribution in [2.75, 3.05) is 7.05 Å². The predicted octanol–water partition coefficient (Wildman–Crippen LogP) is 3.14. The fraction of sp³-hybridized carbons (Fsp3) is 0.438. The van der Waals surface area contributed by atoms with E-state index in [1.807, 2.05) is 31.4 Å². The molecule has 2 aromatic rings.